The molecule has 0 aromatic heterocycles. The Balaban J connectivity index is 1.78. The molecule has 1 N–H and O–H groups in total. The largest absolute Gasteiger partial charge is 0.459 e. The maximum atomic E-state index is 15.0. The van der Waals surface area contributed by atoms with Crippen molar-refractivity contribution in [1.29, 1.82) is 0 Å². The van der Waals surface area contributed by atoms with Gasteiger partial charge in [0.2, 0.25) is 5.79 Å². The molecule has 1 saturated heterocycles. The number of rotatable bonds is 7. The molecule has 2 bridgehead atoms. The second-order valence-corrected chi connectivity index (χ2v) is 9.51. The molecule has 3 rings (SSSR count). The molecule has 2 aliphatic carbocycles. The number of alkyl halides is 2. The molecule has 0 aromatic carbocycles. The van der Waals surface area contributed by atoms with Gasteiger partial charge in [0.15, 0.2) is 5.60 Å². The molecule has 166 valence electrons. The van der Waals surface area contributed by atoms with Gasteiger partial charge in [-0.1, -0.05) is 20.4 Å². The molecular weight excluding hydrogens is 382 g/mol. The fourth-order valence-electron chi connectivity index (χ4n) is 5.74. The van der Waals surface area contributed by atoms with Crippen LogP contribution in [0.15, 0.2) is 12.2 Å². The zero-order chi connectivity index (χ0) is 21.8. The molecule has 6 unspecified atom stereocenters. The molecule has 2 saturated carbocycles. The number of aliphatic hydroxyl groups is 1. The monoisotopic (exact) mass is 416 g/mol. The van der Waals surface area contributed by atoms with Crippen molar-refractivity contribution in [1.82, 2.24) is 0 Å². The van der Waals surface area contributed by atoms with E-state index in [4.69, 9.17) is 14.2 Å². The number of esters is 1. The first-order valence-corrected chi connectivity index (χ1v) is 10.6. The van der Waals surface area contributed by atoms with Crippen LogP contribution in [0.2, 0.25) is 0 Å². The Labute approximate surface area is 171 Å². The molecule has 29 heavy (non-hydrogen) atoms. The highest BCUT2D eigenvalue weighted by atomic mass is 19.3. The van der Waals surface area contributed by atoms with Crippen LogP contribution in [-0.4, -0.2) is 46.7 Å². The van der Waals surface area contributed by atoms with Crippen molar-refractivity contribution in [3.8, 4) is 0 Å². The third kappa shape index (κ3) is 3.43. The highest BCUT2D eigenvalue weighted by molar-refractivity contribution is 5.87. The molecule has 0 amide bonds. The molecular formula is C22H34F2O5. The van der Waals surface area contributed by atoms with Gasteiger partial charge in [-0.05, 0) is 70.6 Å². The second-order valence-electron chi connectivity index (χ2n) is 9.51. The Hall–Kier alpha value is -1.05. The van der Waals surface area contributed by atoms with Gasteiger partial charge in [-0.15, -0.1) is 0 Å². The number of carbonyl (C=O) groups excluding carboxylic acids is 1. The lowest BCUT2D eigenvalue weighted by molar-refractivity contribution is -0.307. The summed E-state index contributed by atoms with van der Waals surface area (Å²) in [5.74, 6) is -5.89. The molecule has 3 fully saturated rings. The number of ether oxygens (including phenoxy) is 3. The van der Waals surface area contributed by atoms with E-state index in [1.54, 1.807) is 6.92 Å². The summed E-state index contributed by atoms with van der Waals surface area (Å²) in [6.07, 6.45) is 3.44. The van der Waals surface area contributed by atoms with Gasteiger partial charge in [0.1, 0.15) is 6.10 Å². The van der Waals surface area contributed by atoms with Crippen molar-refractivity contribution in [2.75, 3.05) is 6.61 Å². The molecule has 3 aliphatic rings. The summed E-state index contributed by atoms with van der Waals surface area (Å²) in [6, 6.07) is 0. The SMILES string of the molecule is C=C(C)C(=O)OC1CC2CC1CC2C(CC)(CC)OC1(C)COC(C)(O)C1(F)F. The van der Waals surface area contributed by atoms with Gasteiger partial charge < -0.3 is 19.3 Å². The van der Waals surface area contributed by atoms with Crippen LogP contribution in [0.4, 0.5) is 8.78 Å². The summed E-state index contributed by atoms with van der Waals surface area (Å²) in [6.45, 7) is 11.1. The van der Waals surface area contributed by atoms with Crippen molar-refractivity contribution >= 4 is 5.97 Å². The van der Waals surface area contributed by atoms with Crippen LogP contribution in [-0.2, 0) is 19.0 Å². The van der Waals surface area contributed by atoms with Gasteiger partial charge in [0.05, 0.1) is 12.2 Å². The molecule has 0 aromatic rings. The Bertz CT molecular complexity index is 672. The maximum Gasteiger partial charge on any atom is 0.333 e. The fraction of sp³-hybridized carbons (Fsp3) is 0.864. The highest BCUT2D eigenvalue weighted by Gasteiger charge is 2.71. The van der Waals surface area contributed by atoms with E-state index in [1.165, 1.54) is 6.92 Å². The van der Waals surface area contributed by atoms with Crippen LogP contribution < -0.4 is 0 Å². The lowest BCUT2D eigenvalue weighted by atomic mass is 9.72. The predicted molar refractivity (Wildman–Crippen MR) is 103 cm³/mol. The molecule has 0 spiro atoms. The minimum absolute atomic E-state index is 0.0976. The van der Waals surface area contributed by atoms with E-state index in [-0.39, 0.29) is 36.4 Å². The van der Waals surface area contributed by atoms with Crippen molar-refractivity contribution < 1.29 is 32.9 Å². The number of hydrogen-bond acceptors (Lipinski definition) is 5. The van der Waals surface area contributed by atoms with Gasteiger partial charge >= 0.3 is 11.9 Å². The third-order valence-corrected chi connectivity index (χ3v) is 7.58. The number of halogens is 2. The first kappa shape index (κ1) is 22.6. The molecule has 5 nitrogen and oxygen atoms in total. The van der Waals surface area contributed by atoms with Crippen LogP contribution in [0.1, 0.15) is 66.7 Å². The fourth-order valence-corrected chi connectivity index (χ4v) is 5.74. The van der Waals surface area contributed by atoms with E-state index in [1.807, 2.05) is 13.8 Å². The van der Waals surface area contributed by atoms with Crippen molar-refractivity contribution in [3.63, 3.8) is 0 Å². The standard InChI is InChI=1S/C22H34F2O5/c1-7-21(8-2,29-19(5)12-27-20(6,26)22(19,23)24)16-10-15-9-14(16)11-17(15)28-18(25)13(3)4/h14-17,26H,3,7-12H2,1-2,4-6H3. The lowest BCUT2D eigenvalue weighted by Crippen LogP contribution is -2.60. The van der Waals surface area contributed by atoms with Crippen molar-refractivity contribution in [3.05, 3.63) is 12.2 Å². The molecule has 1 heterocycles. The molecule has 6 atom stereocenters. The van der Waals surface area contributed by atoms with Crippen molar-refractivity contribution in [2.45, 2.75) is 95.7 Å². The van der Waals surface area contributed by atoms with Crippen molar-refractivity contribution in [2.24, 2.45) is 17.8 Å². The minimum Gasteiger partial charge on any atom is -0.459 e. The maximum absolute atomic E-state index is 15.0. The predicted octanol–water partition coefficient (Wildman–Crippen LogP) is 4.23. The summed E-state index contributed by atoms with van der Waals surface area (Å²) in [7, 11) is 0. The summed E-state index contributed by atoms with van der Waals surface area (Å²) < 4.78 is 46.8. The van der Waals surface area contributed by atoms with Gasteiger partial charge in [0, 0.05) is 5.57 Å². The minimum atomic E-state index is -3.53. The number of fused-ring (bicyclic) bond motifs is 2. The molecule has 1 aliphatic heterocycles. The summed E-state index contributed by atoms with van der Waals surface area (Å²) in [5.41, 5.74) is -2.27. The van der Waals surface area contributed by atoms with Gasteiger partial charge in [-0.3, -0.25) is 0 Å². The smallest absolute Gasteiger partial charge is 0.333 e. The lowest BCUT2D eigenvalue weighted by Gasteiger charge is -2.48. The Morgan fingerprint density at radius 3 is 2.24 bits per heavy atom. The quantitative estimate of drug-likeness (QED) is 0.497. The van der Waals surface area contributed by atoms with Gasteiger partial charge in [-0.2, -0.15) is 8.78 Å². The third-order valence-electron chi connectivity index (χ3n) is 7.58. The van der Waals surface area contributed by atoms with E-state index in [9.17, 15) is 18.7 Å². The molecule has 0 radical (unpaired) electrons. The summed E-state index contributed by atoms with van der Waals surface area (Å²) in [5, 5.41) is 10.0. The van der Waals surface area contributed by atoms with Crippen LogP contribution >= 0.6 is 0 Å². The number of hydrogen-bond donors (Lipinski definition) is 1. The average Bonchev–Trinajstić information content (AvgIpc) is 3.28. The van der Waals surface area contributed by atoms with Crippen LogP contribution in [0.25, 0.3) is 0 Å². The van der Waals surface area contributed by atoms with Crippen LogP contribution in [0.5, 0.6) is 0 Å². The zero-order valence-corrected chi connectivity index (χ0v) is 18.1. The summed E-state index contributed by atoms with van der Waals surface area (Å²) >= 11 is 0. The second kappa shape index (κ2) is 7.27. The van der Waals surface area contributed by atoms with Gasteiger partial charge in [-0.25, -0.2) is 4.79 Å². The first-order chi connectivity index (χ1) is 13.3. The van der Waals surface area contributed by atoms with E-state index in [0.29, 0.717) is 18.4 Å². The Morgan fingerprint density at radius 2 is 1.83 bits per heavy atom. The van der Waals surface area contributed by atoms with E-state index >= 15 is 0 Å². The van der Waals surface area contributed by atoms with Crippen LogP contribution in [0, 0.1) is 17.8 Å². The van der Waals surface area contributed by atoms with E-state index in [0.717, 1.165) is 26.2 Å². The summed E-state index contributed by atoms with van der Waals surface area (Å²) in [4.78, 5) is 11.9. The van der Waals surface area contributed by atoms with Gasteiger partial charge in [0.25, 0.3) is 0 Å². The number of carbonyl (C=O) groups is 1. The average molecular weight is 417 g/mol. The van der Waals surface area contributed by atoms with E-state index < -0.39 is 22.9 Å². The highest BCUT2D eigenvalue weighted by Crippen LogP contribution is 2.58. The van der Waals surface area contributed by atoms with Crippen LogP contribution in [0.3, 0.4) is 0 Å². The normalized spacial score (nSPS) is 41.0. The van der Waals surface area contributed by atoms with E-state index in [2.05, 4.69) is 6.58 Å². The zero-order valence-electron chi connectivity index (χ0n) is 18.1. The first-order valence-electron chi connectivity index (χ1n) is 10.6. The Kier molecular flexibility index (Phi) is 5.68. The topological polar surface area (TPSA) is 65.0 Å². The Morgan fingerprint density at radius 1 is 1.21 bits per heavy atom. The molecule has 7 heteroatoms.